The van der Waals surface area contributed by atoms with Crippen LogP contribution in [0.2, 0.25) is 5.02 Å². The van der Waals surface area contributed by atoms with Crippen molar-refractivity contribution >= 4 is 35.5 Å². The topological polar surface area (TPSA) is 86.7 Å². The lowest BCUT2D eigenvalue weighted by Gasteiger charge is -2.56. The van der Waals surface area contributed by atoms with Crippen LogP contribution in [0, 0.1) is 17.6 Å². The predicted molar refractivity (Wildman–Crippen MR) is 121 cm³/mol. The zero-order valence-electron chi connectivity index (χ0n) is 18.1. The first kappa shape index (κ1) is 22.9. The molecular weight excluding hydrogens is 466 g/mol. The van der Waals surface area contributed by atoms with Crippen LogP contribution in [0.25, 0.3) is 0 Å². The number of hydrogen-bond acceptors (Lipinski definition) is 4. The normalized spacial score (nSPS) is 24.9. The number of carboxylic acids is 1. The van der Waals surface area contributed by atoms with Crippen LogP contribution in [-0.4, -0.2) is 40.9 Å². The van der Waals surface area contributed by atoms with E-state index in [1.165, 1.54) is 4.90 Å². The number of rotatable bonds is 7. The van der Waals surface area contributed by atoms with Gasteiger partial charge in [0.2, 0.25) is 0 Å². The third-order valence-corrected chi connectivity index (χ3v) is 7.56. The largest absolute Gasteiger partial charge is 0.480 e. The monoisotopic (exact) mass is 488 g/mol. The van der Waals surface area contributed by atoms with E-state index in [1.54, 1.807) is 18.2 Å². The quantitative estimate of drug-likeness (QED) is 0.567. The fourth-order valence-electron chi connectivity index (χ4n) is 5.60. The molecule has 3 aliphatic rings. The molecule has 4 atom stereocenters. The molecular formula is C25H23ClF2N2O4. The highest BCUT2D eigenvalue weighted by atomic mass is 35.5. The maximum atomic E-state index is 13.9. The van der Waals surface area contributed by atoms with Crippen LogP contribution in [0.5, 0.6) is 0 Å². The minimum Gasteiger partial charge on any atom is -0.480 e. The number of anilines is 1. The Morgan fingerprint density at radius 2 is 1.82 bits per heavy atom. The van der Waals surface area contributed by atoms with Crippen LogP contribution in [0.15, 0.2) is 36.4 Å². The van der Waals surface area contributed by atoms with E-state index in [-0.39, 0.29) is 30.0 Å². The molecule has 34 heavy (non-hydrogen) atoms. The number of aliphatic carboxylic acids is 1. The number of benzene rings is 2. The van der Waals surface area contributed by atoms with Gasteiger partial charge in [0.15, 0.2) is 0 Å². The first-order valence-corrected chi connectivity index (χ1v) is 11.7. The summed E-state index contributed by atoms with van der Waals surface area (Å²) in [7, 11) is 0. The zero-order valence-corrected chi connectivity index (χ0v) is 18.9. The number of fused-ring (bicyclic) bond motifs is 2. The van der Waals surface area contributed by atoms with Gasteiger partial charge in [0.25, 0.3) is 5.91 Å². The molecule has 0 spiro atoms. The molecule has 2 aromatic rings. The van der Waals surface area contributed by atoms with Gasteiger partial charge in [-0.05, 0) is 61.4 Å². The summed E-state index contributed by atoms with van der Waals surface area (Å²) in [6, 6.07) is 7.19. The highest BCUT2D eigenvalue weighted by Gasteiger charge is 2.59. The SMILES string of the molecule is O=CCC(NC1CC1)(C(=O)O)C1c2ccc(Cl)cc2N(C(=O)c2cc(F)cc(F)c2)C2CCC21. The lowest BCUT2D eigenvalue weighted by molar-refractivity contribution is -0.149. The molecule has 2 fully saturated rings. The molecule has 1 aliphatic heterocycles. The molecule has 2 N–H and O–H groups in total. The van der Waals surface area contributed by atoms with Gasteiger partial charge >= 0.3 is 5.97 Å². The van der Waals surface area contributed by atoms with Crippen LogP contribution in [0.4, 0.5) is 14.5 Å². The van der Waals surface area contributed by atoms with Gasteiger partial charge in [0, 0.05) is 46.8 Å². The number of nitrogens with one attached hydrogen (secondary N) is 1. The van der Waals surface area contributed by atoms with Crippen molar-refractivity contribution in [3.63, 3.8) is 0 Å². The van der Waals surface area contributed by atoms with Gasteiger partial charge in [-0.15, -0.1) is 0 Å². The molecule has 0 radical (unpaired) electrons. The number of amides is 1. The summed E-state index contributed by atoms with van der Waals surface area (Å²) >= 11 is 6.28. The number of halogens is 3. The van der Waals surface area contributed by atoms with E-state index in [4.69, 9.17) is 11.6 Å². The number of hydrogen-bond donors (Lipinski definition) is 2. The molecule has 1 amide bonds. The summed E-state index contributed by atoms with van der Waals surface area (Å²) in [4.78, 5) is 39.5. The molecule has 178 valence electrons. The predicted octanol–water partition coefficient (Wildman–Crippen LogP) is 4.31. The standard InChI is InChI=1S/C25H23ClF2N2O4/c26-14-1-4-19-21(11-14)30(23(32)13-9-15(27)12-16(28)10-13)20-6-5-18(20)22(19)25(7-8-31,24(33)34)29-17-2-3-17/h1,4,8-12,17-18,20,22,29H,2-3,5-7H2,(H,33,34). The lowest BCUT2D eigenvalue weighted by Crippen LogP contribution is -2.66. The van der Waals surface area contributed by atoms with E-state index in [0.29, 0.717) is 41.5 Å². The third-order valence-electron chi connectivity index (χ3n) is 7.32. The lowest BCUT2D eigenvalue weighted by atomic mass is 9.58. The van der Waals surface area contributed by atoms with Gasteiger partial charge in [-0.25, -0.2) is 8.78 Å². The number of nitrogens with zero attached hydrogens (tertiary/aromatic N) is 1. The second-order valence-electron chi connectivity index (χ2n) is 9.39. The van der Waals surface area contributed by atoms with Gasteiger partial charge in [0.05, 0.1) is 0 Å². The van der Waals surface area contributed by atoms with E-state index in [9.17, 15) is 28.3 Å². The number of carboxylic acid groups (broad SMARTS) is 1. The second-order valence-corrected chi connectivity index (χ2v) is 9.82. The highest BCUT2D eigenvalue weighted by Crippen LogP contribution is 2.56. The molecule has 4 unspecified atom stereocenters. The van der Waals surface area contributed by atoms with Crippen molar-refractivity contribution in [2.45, 2.75) is 55.6 Å². The van der Waals surface area contributed by atoms with Crippen molar-refractivity contribution in [3.05, 3.63) is 64.2 Å². The molecule has 6 nitrogen and oxygen atoms in total. The van der Waals surface area contributed by atoms with Crippen molar-refractivity contribution in [2.75, 3.05) is 4.90 Å². The average molecular weight is 489 g/mol. The summed E-state index contributed by atoms with van der Waals surface area (Å²) in [6.45, 7) is 0. The van der Waals surface area contributed by atoms with Crippen molar-refractivity contribution in [3.8, 4) is 0 Å². The van der Waals surface area contributed by atoms with Crippen LogP contribution in [0.1, 0.15) is 53.9 Å². The summed E-state index contributed by atoms with van der Waals surface area (Å²) in [6.07, 6.45) is 3.31. The third kappa shape index (κ3) is 3.69. The van der Waals surface area contributed by atoms with E-state index < -0.39 is 35.0 Å². The second kappa shape index (κ2) is 8.43. The Balaban J connectivity index is 1.66. The number of carbonyl (C=O) groups excluding carboxylic acids is 2. The van der Waals surface area contributed by atoms with Crippen LogP contribution < -0.4 is 10.2 Å². The van der Waals surface area contributed by atoms with E-state index in [2.05, 4.69) is 5.32 Å². The maximum absolute atomic E-state index is 13.9. The molecule has 0 aromatic heterocycles. The Hall–Kier alpha value is -2.84. The Bertz CT molecular complexity index is 1170. The van der Waals surface area contributed by atoms with E-state index in [1.807, 2.05) is 0 Å². The molecule has 1 heterocycles. The Morgan fingerprint density at radius 1 is 1.12 bits per heavy atom. The van der Waals surface area contributed by atoms with E-state index >= 15 is 0 Å². The zero-order chi connectivity index (χ0) is 24.2. The maximum Gasteiger partial charge on any atom is 0.325 e. The molecule has 2 saturated carbocycles. The minimum absolute atomic E-state index is 0.0141. The Morgan fingerprint density at radius 3 is 2.38 bits per heavy atom. The van der Waals surface area contributed by atoms with Crippen molar-refractivity contribution in [2.24, 2.45) is 5.92 Å². The smallest absolute Gasteiger partial charge is 0.325 e. The van der Waals surface area contributed by atoms with Crippen LogP contribution in [0.3, 0.4) is 0 Å². The Labute approximate surface area is 199 Å². The van der Waals surface area contributed by atoms with Gasteiger partial charge in [-0.3, -0.25) is 14.9 Å². The highest BCUT2D eigenvalue weighted by molar-refractivity contribution is 6.31. The molecule has 5 rings (SSSR count). The van der Waals surface area contributed by atoms with Gasteiger partial charge < -0.3 is 14.8 Å². The summed E-state index contributed by atoms with van der Waals surface area (Å²) in [5.41, 5.74) is -0.689. The van der Waals surface area contributed by atoms with Crippen molar-refractivity contribution in [1.29, 1.82) is 0 Å². The minimum atomic E-state index is -1.53. The average Bonchev–Trinajstić information content (AvgIpc) is 3.56. The van der Waals surface area contributed by atoms with Gasteiger partial charge in [-0.1, -0.05) is 17.7 Å². The summed E-state index contributed by atoms with van der Waals surface area (Å²) < 4.78 is 27.8. The van der Waals surface area contributed by atoms with E-state index in [0.717, 1.165) is 25.0 Å². The fourth-order valence-corrected chi connectivity index (χ4v) is 5.77. The first-order valence-electron chi connectivity index (χ1n) is 11.3. The molecule has 0 saturated heterocycles. The van der Waals surface area contributed by atoms with Crippen molar-refractivity contribution < 1.29 is 28.3 Å². The molecule has 9 heteroatoms. The van der Waals surface area contributed by atoms with Gasteiger partial charge in [-0.2, -0.15) is 0 Å². The molecule has 2 aromatic carbocycles. The first-order chi connectivity index (χ1) is 16.2. The van der Waals surface area contributed by atoms with Gasteiger partial charge in [0.1, 0.15) is 23.5 Å². The summed E-state index contributed by atoms with van der Waals surface area (Å²) in [5.74, 6) is -4.26. The number of carbonyl (C=O) groups is 3. The fraction of sp³-hybridized carbons (Fsp3) is 0.400. The van der Waals surface area contributed by atoms with Crippen molar-refractivity contribution in [1.82, 2.24) is 5.32 Å². The van der Waals surface area contributed by atoms with Crippen LogP contribution in [-0.2, 0) is 9.59 Å². The summed E-state index contributed by atoms with van der Waals surface area (Å²) in [5, 5.41) is 14.0. The molecule has 0 bridgehead atoms. The van der Waals surface area contributed by atoms with Crippen LogP contribution >= 0.6 is 11.6 Å². The number of aldehydes is 1. The Kier molecular flexibility index (Phi) is 5.68. The molecule has 2 aliphatic carbocycles.